The lowest BCUT2D eigenvalue weighted by atomic mass is 10.1. The molecule has 0 aliphatic heterocycles. The number of carbonyl (C=O) groups is 1. The first-order valence-electron chi connectivity index (χ1n) is 4.10. The lowest BCUT2D eigenvalue weighted by Gasteiger charge is -2.07. The molecule has 0 N–H and O–H groups in total. The van der Waals surface area contributed by atoms with Gasteiger partial charge in [0.1, 0.15) is 4.90 Å². The number of carbonyl (C=O) groups excluding carboxylic acids is 1. The van der Waals surface area contributed by atoms with Gasteiger partial charge in [0.25, 0.3) is 0 Å². The number of halogens is 2. The highest BCUT2D eigenvalue weighted by Gasteiger charge is 2.21. The molecule has 1 rings (SSSR count). The molecule has 0 aliphatic carbocycles. The van der Waals surface area contributed by atoms with Gasteiger partial charge in [-0.3, -0.25) is 0 Å². The number of methoxy groups -OCH3 is 1. The molecular weight excluding hydrogens is 350 g/mol. The standard InChI is InChI=1S/C9H8FIO4S/c1-5-7(9(12)15-2)3-6(11)4-8(5)16(10,13)14/h3-4H,1-2H3. The largest absolute Gasteiger partial charge is 0.465 e. The van der Waals surface area contributed by atoms with E-state index in [2.05, 4.69) is 4.74 Å². The summed E-state index contributed by atoms with van der Waals surface area (Å²) in [7, 11) is -3.66. The molecule has 0 saturated heterocycles. The highest BCUT2D eigenvalue weighted by atomic mass is 127. The fourth-order valence-corrected chi connectivity index (χ4v) is 2.81. The van der Waals surface area contributed by atoms with E-state index in [0.29, 0.717) is 3.57 Å². The molecule has 0 amide bonds. The van der Waals surface area contributed by atoms with Gasteiger partial charge in [0.05, 0.1) is 12.7 Å². The van der Waals surface area contributed by atoms with Crippen molar-refractivity contribution in [2.45, 2.75) is 11.8 Å². The third-order valence-electron chi connectivity index (χ3n) is 1.99. The molecule has 7 heteroatoms. The Bertz CT molecular complexity index is 539. The summed E-state index contributed by atoms with van der Waals surface area (Å²) in [6.07, 6.45) is 0. The van der Waals surface area contributed by atoms with Crippen LogP contribution in [0.2, 0.25) is 0 Å². The van der Waals surface area contributed by atoms with E-state index < -0.39 is 21.1 Å². The minimum Gasteiger partial charge on any atom is -0.465 e. The summed E-state index contributed by atoms with van der Waals surface area (Å²) < 4.78 is 39.5. The maximum Gasteiger partial charge on any atom is 0.338 e. The van der Waals surface area contributed by atoms with Crippen molar-refractivity contribution in [3.05, 3.63) is 26.8 Å². The number of benzene rings is 1. The fourth-order valence-electron chi connectivity index (χ4n) is 1.23. The molecule has 0 aromatic heterocycles. The molecule has 0 unspecified atom stereocenters. The Balaban J connectivity index is 3.56. The third kappa shape index (κ3) is 2.70. The molecule has 0 saturated carbocycles. The molecule has 0 heterocycles. The zero-order valence-electron chi connectivity index (χ0n) is 8.45. The van der Waals surface area contributed by atoms with Crippen molar-refractivity contribution in [2.75, 3.05) is 7.11 Å². The third-order valence-corrected chi connectivity index (χ3v) is 3.57. The Morgan fingerprint density at radius 1 is 1.44 bits per heavy atom. The maximum absolute atomic E-state index is 12.9. The topological polar surface area (TPSA) is 60.4 Å². The number of hydrogen-bond donors (Lipinski definition) is 0. The number of esters is 1. The summed E-state index contributed by atoms with van der Waals surface area (Å²) in [6.45, 7) is 1.36. The summed E-state index contributed by atoms with van der Waals surface area (Å²) in [5.41, 5.74) is 0.0976. The first kappa shape index (κ1) is 13.4. The Kier molecular flexibility index (Phi) is 3.89. The van der Waals surface area contributed by atoms with Gasteiger partial charge >= 0.3 is 16.2 Å². The Labute approximate surface area is 106 Å². The molecule has 88 valence electrons. The predicted octanol–water partition coefficient (Wildman–Crippen LogP) is 2.04. The maximum atomic E-state index is 12.9. The van der Waals surface area contributed by atoms with Gasteiger partial charge in [-0.1, -0.05) is 0 Å². The Hall–Kier alpha value is -0.700. The Morgan fingerprint density at radius 2 is 2.00 bits per heavy atom. The van der Waals surface area contributed by atoms with Crippen LogP contribution in [0.5, 0.6) is 0 Å². The van der Waals surface area contributed by atoms with Crippen LogP contribution in [0.1, 0.15) is 15.9 Å². The summed E-state index contributed by atoms with van der Waals surface area (Å²) in [5.74, 6) is -0.694. The van der Waals surface area contributed by atoms with Crippen LogP contribution in [0.4, 0.5) is 3.89 Å². The van der Waals surface area contributed by atoms with Gasteiger partial charge in [0.15, 0.2) is 0 Å². The van der Waals surface area contributed by atoms with Crippen LogP contribution in [0.15, 0.2) is 17.0 Å². The molecule has 16 heavy (non-hydrogen) atoms. The lowest BCUT2D eigenvalue weighted by molar-refractivity contribution is 0.0599. The second-order valence-electron chi connectivity index (χ2n) is 3.01. The molecule has 0 spiro atoms. The molecule has 1 aromatic carbocycles. The van der Waals surface area contributed by atoms with Crippen molar-refractivity contribution in [1.82, 2.24) is 0 Å². The second kappa shape index (κ2) is 4.66. The number of rotatable bonds is 2. The van der Waals surface area contributed by atoms with Gasteiger partial charge in [-0.2, -0.15) is 8.42 Å². The van der Waals surface area contributed by atoms with Crippen molar-refractivity contribution in [3.8, 4) is 0 Å². The fraction of sp³-hybridized carbons (Fsp3) is 0.222. The summed E-state index contributed by atoms with van der Waals surface area (Å²) in [6, 6.07) is 2.61. The van der Waals surface area contributed by atoms with Crippen molar-refractivity contribution in [2.24, 2.45) is 0 Å². The van der Waals surface area contributed by atoms with Crippen LogP contribution in [0.25, 0.3) is 0 Å². The number of hydrogen-bond acceptors (Lipinski definition) is 4. The van der Waals surface area contributed by atoms with E-state index in [1.807, 2.05) is 0 Å². The predicted molar refractivity (Wildman–Crippen MR) is 63.5 cm³/mol. The summed E-state index contributed by atoms with van der Waals surface area (Å²) in [4.78, 5) is 10.8. The minimum atomic E-state index is -4.83. The van der Waals surface area contributed by atoms with E-state index in [-0.39, 0.29) is 11.1 Å². The highest BCUT2D eigenvalue weighted by molar-refractivity contribution is 14.1. The van der Waals surface area contributed by atoms with Crippen LogP contribution in [-0.2, 0) is 15.0 Å². The van der Waals surface area contributed by atoms with E-state index in [0.717, 1.165) is 6.07 Å². The first-order valence-corrected chi connectivity index (χ1v) is 6.56. The molecule has 0 atom stereocenters. The van der Waals surface area contributed by atoms with E-state index in [9.17, 15) is 17.1 Å². The van der Waals surface area contributed by atoms with E-state index >= 15 is 0 Å². The Morgan fingerprint density at radius 3 is 2.44 bits per heavy atom. The smallest absolute Gasteiger partial charge is 0.338 e. The van der Waals surface area contributed by atoms with Gasteiger partial charge in [0, 0.05) is 3.57 Å². The molecule has 0 aliphatic rings. The zero-order chi connectivity index (χ0) is 12.5. The van der Waals surface area contributed by atoms with Crippen LogP contribution in [-0.4, -0.2) is 21.5 Å². The zero-order valence-corrected chi connectivity index (χ0v) is 11.4. The second-order valence-corrected chi connectivity index (χ2v) is 5.57. The first-order chi connectivity index (χ1) is 7.27. The van der Waals surface area contributed by atoms with Crippen molar-refractivity contribution < 1.29 is 21.8 Å². The molecule has 0 bridgehead atoms. The van der Waals surface area contributed by atoms with Crippen LogP contribution in [0, 0.1) is 10.5 Å². The van der Waals surface area contributed by atoms with Gasteiger partial charge in [-0.25, -0.2) is 4.79 Å². The molecule has 0 radical (unpaired) electrons. The van der Waals surface area contributed by atoms with Gasteiger partial charge in [-0.15, -0.1) is 3.89 Å². The van der Waals surface area contributed by atoms with E-state index in [4.69, 9.17) is 0 Å². The lowest BCUT2D eigenvalue weighted by Crippen LogP contribution is -2.08. The van der Waals surface area contributed by atoms with Crippen molar-refractivity contribution >= 4 is 38.8 Å². The normalized spacial score (nSPS) is 11.2. The minimum absolute atomic E-state index is 0.0469. The molecule has 4 nitrogen and oxygen atoms in total. The van der Waals surface area contributed by atoms with Crippen LogP contribution < -0.4 is 0 Å². The SMILES string of the molecule is COC(=O)c1cc(I)cc(S(=O)(=O)F)c1C. The number of ether oxygens (including phenoxy) is 1. The van der Waals surface area contributed by atoms with E-state index in [1.165, 1.54) is 20.1 Å². The van der Waals surface area contributed by atoms with Gasteiger partial charge in [-0.05, 0) is 47.2 Å². The van der Waals surface area contributed by atoms with Gasteiger partial charge < -0.3 is 4.74 Å². The molecule has 0 fully saturated rings. The quantitative estimate of drug-likeness (QED) is 0.461. The summed E-state index contributed by atoms with van der Waals surface area (Å²) in [5, 5.41) is 0. The van der Waals surface area contributed by atoms with Gasteiger partial charge in [0.2, 0.25) is 0 Å². The monoisotopic (exact) mass is 358 g/mol. The molecular formula is C9H8FIO4S. The van der Waals surface area contributed by atoms with Crippen molar-refractivity contribution in [1.29, 1.82) is 0 Å². The highest BCUT2D eigenvalue weighted by Crippen LogP contribution is 2.24. The van der Waals surface area contributed by atoms with Crippen LogP contribution in [0.3, 0.4) is 0 Å². The van der Waals surface area contributed by atoms with Crippen molar-refractivity contribution in [3.63, 3.8) is 0 Å². The summed E-state index contributed by atoms with van der Waals surface area (Å²) >= 11 is 1.80. The average molecular weight is 358 g/mol. The van der Waals surface area contributed by atoms with E-state index in [1.54, 1.807) is 22.6 Å². The van der Waals surface area contributed by atoms with Crippen LogP contribution >= 0.6 is 22.6 Å². The average Bonchev–Trinajstić information content (AvgIpc) is 2.18. The molecule has 1 aromatic rings.